The average molecular weight is 257 g/mol. The van der Waals surface area contributed by atoms with Gasteiger partial charge in [0.1, 0.15) is 0 Å². The normalized spacial score (nSPS) is 10.6. The second kappa shape index (κ2) is 6.62. The van der Waals surface area contributed by atoms with Crippen LogP contribution in [0, 0.1) is 6.92 Å². The van der Waals surface area contributed by atoms with E-state index in [2.05, 4.69) is 66.4 Å². The second-order valence-corrected chi connectivity index (χ2v) is 5.11. The van der Waals surface area contributed by atoms with Crippen LogP contribution in [-0.2, 0) is 6.42 Å². The van der Waals surface area contributed by atoms with Crippen LogP contribution in [0.1, 0.15) is 11.1 Å². The summed E-state index contributed by atoms with van der Waals surface area (Å²) in [5.41, 5.74) is 5.26. The highest BCUT2D eigenvalue weighted by atomic mass is 32.2. The van der Waals surface area contributed by atoms with Crippen LogP contribution in [0.2, 0.25) is 0 Å². The summed E-state index contributed by atoms with van der Waals surface area (Å²) >= 11 is 1.67. The number of benzene rings is 2. The molecule has 2 aromatic rings. The molecule has 0 amide bonds. The first-order valence-corrected chi connectivity index (χ1v) is 7.44. The molecule has 0 unspecified atom stereocenters. The van der Waals surface area contributed by atoms with E-state index < -0.39 is 0 Å². The van der Waals surface area contributed by atoms with Crippen LogP contribution in [0.5, 0.6) is 0 Å². The first kappa shape index (κ1) is 13.2. The molecular weight excluding hydrogens is 238 g/mol. The molecule has 0 aliphatic heterocycles. The fraction of sp³-hybridized carbons (Fsp3) is 0.250. The van der Waals surface area contributed by atoms with Gasteiger partial charge in [-0.2, -0.15) is 0 Å². The van der Waals surface area contributed by atoms with E-state index in [0.717, 1.165) is 13.0 Å². The van der Waals surface area contributed by atoms with Crippen LogP contribution in [0.25, 0.3) is 11.1 Å². The van der Waals surface area contributed by atoms with E-state index in [-0.39, 0.29) is 0 Å². The summed E-state index contributed by atoms with van der Waals surface area (Å²) < 4.78 is 3.27. The van der Waals surface area contributed by atoms with Gasteiger partial charge in [0, 0.05) is 6.54 Å². The van der Waals surface area contributed by atoms with Crippen LogP contribution in [0.4, 0.5) is 0 Å². The maximum absolute atomic E-state index is 3.27. The number of hydrogen-bond acceptors (Lipinski definition) is 2. The van der Waals surface area contributed by atoms with Gasteiger partial charge in [-0.3, -0.25) is 4.72 Å². The fourth-order valence-corrected chi connectivity index (χ4v) is 2.21. The number of rotatable bonds is 5. The second-order valence-electron chi connectivity index (χ2n) is 4.41. The molecule has 1 N–H and O–H groups in total. The molecule has 0 aliphatic carbocycles. The maximum Gasteiger partial charge on any atom is 0.00989 e. The molecule has 2 aromatic carbocycles. The Balaban J connectivity index is 2.05. The molecule has 0 atom stereocenters. The predicted molar refractivity (Wildman–Crippen MR) is 81.8 cm³/mol. The number of nitrogens with one attached hydrogen (secondary N) is 1. The molecule has 2 rings (SSSR count). The van der Waals surface area contributed by atoms with E-state index in [9.17, 15) is 0 Å². The molecule has 0 aliphatic rings. The largest absolute Gasteiger partial charge is 0.264 e. The Kier molecular flexibility index (Phi) is 4.85. The monoisotopic (exact) mass is 257 g/mol. The van der Waals surface area contributed by atoms with Crippen molar-refractivity contribution < 1.29 is 0 Å². The molecule has 0 heterocycles. The number of hydrogen-bond donors (Lipinski definition) is 1. The van der Waals surface area contributed by atoms with Gasteiger partial charge in [-0.25, -0.2) is 0 Å². The summed E-state index contributed by atoms with van der Waals surface area (Å²) in [6, 6.07) is 17.5. The lowest BCUT2D eigenvalue weighted by molar-refractivity contribution is 0.910. The third kappa shape index (κ3) is 3.62. The van der Waals surface area contributed by atoms with Gasteiger partial charge in [0.05, 0.1) is 0 Å². The van der Waals surface area contributed by atoms with Crippen LogP contribution in [-0.4, -0.2) is 12.8 Å². The van der Waals surface area contributed by atoms with Crippen LogP contribution in [0.15, 0.2) is 48.5 Å². The summed E-state index contributed by atoms with van der Waals surface area (Å²) in [4.78, 5) is 0. The molecule has 0 bridgehead atoms. The Hall–Kier alpha value is -1.25. The van der Waals surface area contributed by atoms with E-state index in [0.29, 0.717) is 0 Å². The minimum absolute atomic E-state index is 1.02. The van der Waals surface area contributed by atoms with Gasteiger partial charge in [0.2, 0.25) is 0 Å². The predicted octanol–water partition coefficient (Wildman–Crippen LogP) is 4.07. The Morgan fingerprint density at radius 2 is 1.44 bits per heavy atom. The molecule has 2 heteroatoms. The highest BCUT2D eigenvalue weighted by Gasteiger charge is 1.98. The van der Waals surface area contributed by atoms with Gasteiger partial charge in [0.25, 0.3) is 0 Å². The van der Waals surface area contributed by atoms with Gasteiger partial charge in [-0.15, -0.1) is 0 Å². The quantitative estimate of drug-likeness (QED) is 0.640. The van der Waals surface area contributed by atoms with E-state index in [1.807, 2.05) is 0 Å². The third-order valence-corrected chi connectivity index (χ3v) is 3.49. The Bertz CT molecular complexity index is 473. The van der Waals surface area contributed by atoms with Crippen molar-refractivity contribution in [3.63, 3.8) is 0 Å². The van der Waals surface area contributed by atoms with Gasteiger partial charge >= 0.3 is 0 Å². The Labute approximate surface area is 114 Å². The Morgan fingerprint density at radius 1 is 0.889 bits per heavy atom. The van der Waals surface area contributed by atoms with Crippen molar-refractivity contribution >= 4 is 11.9 Å². The lowest BCUT2D eigenvalue weighted by atomic mass is 10.0. The van der Waals surface area contributed by atoms with Crippen molar-refractivity contribution in [3.05, 3.63) is 59.7 Å². The summed E-state index contributed by atoms with van der Waals surface area (Å²) in [7, 11) is 0. The molecule has 94 valence electrons. The zero-order chi connectivity index (χ0) is 12.8. The molecule has 0 aromatic heterocycles. The Morgan fingerprint density at radius 3 is 2.00 bits per heavy atom. The van der Waals surface area contributed by atoms with Gasteiger partial charge in [-0.05, 0) is 36.3 Å². The minimum atomic E-state index is 1.02. The van der Waals surface area contributed by atoms with E-state index >= 15 is 0 Å². The van der Waals surface area contributed by atoms with E-state index in [4.69, 9.17) is 0 Å². The molecule has 18 heavy (non-hydrogen) atoms. The van der Waals surface area contributed by atoms with Crippen molar-refractivity contribution in [1.29, 1.82) is 0 Å². The van der Waals surface area contributed by atoms with Crippen molar-refractivity contribution in [2.24, 2.45) is 0 Å². The van der Waals surface area contributed by atoms with Crippen molar-refractivity contribution in [3.8, 4) is 11.1 Å². The lowest BCUT2D eigenvalue weighted by Gasteiger charge is -2.05. The zero-order valence-corrected chi connectivity index (χ0v) is 11.8. The summed E-state index contributed by atoms with van der Waals surface area (Å²) in [5.74, 6) is 0. The van der Waals surface area contributed by atoms with Crippen LogP contribution < -0.4 is 4.72 Å². The molecule has 0 spiro atoms. The molecule has 0 saturated carbocycles. The van der Waals surface area contributed by atoms with Gasteiger partial charge in [-0.1, -0.05) is 66.0 Å². The lowest BCUT2D eigenvalue weighted by Crippen LogP contribution is -2.07. The molecule has 0 saturated heterocycles. The van der Waals surface area contributed by atoms with Gasteiger partial charge in [0.15, 0.2) is 0 Å². The van der Waals surface area contributed by atoms with Crippen LogP contribution >= 0.6 is 11.9 Å². The van der Waals surface area contributed by atoms with Crippen molar-refractivity contribution in [2.75, 3.05) is 12.8 Å². The first-order valence-electron chi connectivity index (χ1n) is 6.21. The molecular formula is C16H19NS. The molecule has 1 nitrogen and oxygen atoms in total. The highest BCUT2D eigenvalue weighted by Crippen LogP contribution is 2.20. The maximum atomic E-state index is 3.27. The third-order valence-electron chi connectivity index (χ3n) is 3.00. The highest BCUT2D eigenvalue weighted by molar-refractivity contribution is 7.96. The smallest absolute Gasteiger partial charge is 0.00989 e. The summed E-state index contributed by atoms with van der Waals surface area (Å²) in [6.45, 7) is 3.14. The number of aryl methyl sites for hydroxylation is 1. The topological polar surface area (TPSA) is 12.0 Å². The van der Waals surface area contributed by atoms with Crippen molar-refractivity contribution in [1.82, 2.24) is 4.72 Å². The van der Waals surface area contributed by atoms with E-state index in [1.165, 1.54) is 22.3 Å². The standard InChI is InChI=1S/C16H19NS/c1-13-3-7-15(8-4-13)16-9-5-14(6-10-16)11-12-17-18-2/h3-10,17H,11-12H2,1-2H3. The molecule has 0 fully saturated rings. The zero-order valence-electron chi connectivity index (χ0n) is 10.9. The van der Waals surface area contributed by atoms with Crippen molar-refractivity contribution in [2.45, 2.75) is 13.3 Å². The SMILES string of the molecule is CSNCCc1ccc(-c2ccc(C)cc2)cc1. The van der Waals surface area contributed by atoms with E-state index in [1.54, 1.807) is 11.9 Å². The minimum Gasteiger partial charge on any atom is -0.264 e. The van der Waals surface area contributed by atoms with Gasteiger partial charge < -0.3 is 0 Å². The summed E-state index contributed by atoms with van der Waals surface area (Å²) in [6.07, 6.45) is 3.13. The first-order chi connectivity index (χ1) is 8.79. The average Bonchev–Trinajstić information content (AvgIpc) is 2.41. The summed E-state index contributed by atoms with van der Waals surface area (Å²) in [5, 5.41) is 0. The van der Waals surface area contributed by atoms with Crippen LogP contribution in [0.3, 0.4) is 0 Å². The molecule has 0 radical (unpaired) electrons. The fourth-order valence-electron chi connectivity index (χ4n) is 1.91.